The van der Waals surface area contributed by atoms with Crippen LogP contribution in [0, 0.1) is 45.3 Å². The van der Waals surface area contributed by atoms with Crippen molar-refractivity contribution in [1.29, 1.82) is 21.0 Å². The van der Waals surface area contributed by atoms with E-state index in [9.17, 15) is 25.4 Å². The van der Waals surface area contributed by atoms with Crippen LogP contribution in [0.4, 0.5) is 23.3 Å². The van der Waals surface area contributed by atoms with E-state index in [0.29, 0.717) is 133 Å². The molecule has 4 aliphatic heterocycles. The molecule has 38 heteroatoms. The third-order valence-corrected chi connectivity index (χ3v) is 22.8. The molecular formula is C84H105BrCl2N20O12Sn3. The molecule has 4 aliphatic rings. The summed E-state index contributed by atoms with van der Waals surface area (Å²) >= 11 is 11.0. The van der Waals surface area contributed by atoms with Gasteiger partial charge in [0.2, 0.25) is 11.8 Å². The standard InChI is InChI=1S/C25H26N6O4.C15H15N5O2.C11H11BrN2O2.C11H11N2O2.C9H11ClN2O2.C4H4ClN3.9CH3.3Sn/c1-31(2)25(32)19-5-7-22(30-24(19)33-3)29-23-13-20(27-15-28-23)16-4-6-21(17(12-16)14-26)35-18-8-10-34-11-9-18;16-8-13-14(22-10-3-5-21-6-4-10)2-1-11(20-13)12-7-15(17)19-9-18-12;12-11-2-1-10(9(7-13)14-11)16-8-3-5-15-6-4-8;12-8-10-11(2-1-5-13-10)15-9-3-6-14-7-4-9;1-12(2)9(13)6-4-5-7(10)11-8(6)14-3;5-3-1-4(6)8-2-7-3;;;;;;;;;;;;/h4-7,12-13,15,18H,8-11H2,1-3H3,(H,27,28,29,30);1-2,7,9-10H,3-6H2,(H2,17,18,19);1-2,8H,3-6H2;1-2,9H,3-4,6-7H2;4-5H,1-3H3;1-2H,(H2,6,7,8);9*1H3;;;. The van der Waals surface area contributed by atoms with Gasteiger partial charge >= 0.3 is 188 Å². The number of ether oxygens (including phenoxy) is 10. The van der Waals surface area contributed by atoms with Crippen LogP contribution in [0.3, 0.4) is 0 Å². The second-order valence-corrected chi connectivity index (χ2v) is 62.6. The van der Waals surface area contributed by atoms with Gasteiger partial charge in [-0.25, -0.2) is 44.9 Å². The molecule has 4 fully saturated rings. The van der Waals surface area contributed by atoms with Gasteiger partial charge < -0.3 is 64.5 Å². The Bertz CT molecular complexity index is 4970. The van der Waals surface area contributed by atoms with Crippen molar-refractivity contribution >= 4 is 136 Å². The van der Waals surface area contributed by atoms with E-state index in [1.54, 1.807) is 101 Å². The molecule has 32 nitrogen and oxygen atoms in total. The molecule has 2 amide bonds. The third kappa shape index (κ3) is 35.8. The zero-order valence-electron chi connectivity index (χ0n) is 71.4. The van der Waals surface area contributed by atoms with Gasteiger partial charge in [0, 0.05) is 90.5 Å². The molecule has 0 atom stereocenters. The fourth-order valence-electron chi connectivity index (χ4n) is 10.8. The van der Waals surface area contributed by atoms with Crippen LogP contribution in [0.2, 0.25) is 54.8 Å². The number of halogens is 3. The van der Waals surface area contributed by atoms with Crippen LogP contribution in [0.25, 0.3) is 22.6 Å². The molecule has 0 spiro atoms. The topological polar surface area (TPSA) is 434 Å². The number of methoxy groups -OCH3 is 2. The Balaban J connectivity index is 0.000000233. The number of rotatable bonds is 17. The molecule has 0 unspecified atom stereocenters. The van der Waals surface area contributed by atoms with Gasteiger partial charge in [-0.1, -0.05) is 23.2 Å². The van der Waals surface area contributed by atoms with Gasteiger partial charge in [-0.15, -0.1) is 0 Å². The van der Waals surface area contributed by atoms with Gasteiger partial charge in [0.05, 0.1) is 76.5 Å². The second kappa shape index (κ2) is 53.6. The first-order chi connectivity index (χ1) is 58.3. The Hall–Kier alpha value is -9.39. The van der Waals surface area contributed by atoms with E-state index in [1.165, 1.54) is 49.1 Å². The van der Waals surface area contributed by atoms with E-state index < -0.39 is 57.9 Å². The molecule has 2 radical (unpaired) electrons. The maximum absolute atomic E-state index is 12.3. The Morgan fingerprint density at radius 3 is 1.33 bits per heavy atom. The summed E-state index contributed by atoms with van der Waals surface area (Å²) in [6.45, 7) is 5.59. The first-order valence-corrected chi connectivity index (χ1v) is 67.6. The summed E-state index contributed by atoms with van der Waals surface area (Å²) < 4.78 is 56.8. The quantitative estimate of drug-likeness (QED) is 0.0433. The number of hydrogen-bond donors (Lipinski definition) is 3. The number of nitriles is 4. The number of carbonyl (C=O) groups is 2. The van der Waals surface area contributed by atoms with Crippen molar-refractivity contribution in [2.45, 2.75) is 120 Å². The zero-order valence-corrected chi connectivity index (χ0v) is 83.0. The van der Waals surface area contributed by atoms with Gasteiger partial charge in [-0.2, -0.15) is 20.8 Å². The fraction of sp³-hybridized carbons (Fsp3) is 0.417. The Labute approximate surface area is 750 Å². The summed E-state index contributed by atoms with van der Waals surface area (Å²) in [7, 11) is 9.57. The molecule has 8 aromatic heterocycles. The molecule has 13 rings (SSSR count). The molecule has 5 N–H and O–H groups in total. The average Bonchev–Trinajstić information content (AvgIpc) is 0.825. The molecular weight excluding hydrogens is 1990 g/mol. The predicted octanol–water partition coefficient (Wildman–Crippen LogP) is 14.2. The number of anilines is 4. The van der Waals surface area contributed by atoms with Crippen molar-refractivity contribution in [3.63, 3.8) is 0 Å². The minimum atomic E-state index is -2.22. The number of amides is 2. The number of nitrogen functional groups attached to an aromatic ring is 2. The van der Waals surface area contributed by atoms with Gasteiger partial charge in [-0.05, 0) is 82.7 Å². The van der Waals surface area contributed by atoms with Gasteiger partial charge in [0.1, 0.15) is 111 Å². The molecule has 1 aromatic carbocycles. The number of hydrogen-bond acceptors (Lipinski definition) is 30. The van der Waals surface area contributed by atoms with Crippen LogP contribution in [0.5, 0.6) is 34.8 Å². The summed E-state index contributed by atoms with van der Waals surface area (Å²) in [4.78, 5) is 92.8. The van der Waals surface area contributed by atoms with E-state index in [0.717, 1.165) is 87.1 Å². The normalized spacial score (nSPS) is 13.8. The summed E-state index contributed by atoms with van der Waals surface area (Å²) in [6, 6.07) is 36.2. The number of aromatic nitrogens is 11. The van der Waals surface area contributed by atoms with Gasteiger partial charge in [-0.3, -0.25) is 9.59 Å². The van der Waals surface area contributed by atoms with E-state index in [4.69, 9.17) is 87.3 Å². The number of nitrogens with zero attached hydrogens (tertiary/aromatic N) is 17. The Kier molecular flexibility index (Phi) is 44.6. The molecule has 646 valence electrons. The summed E-state index contributed by atoms with van der Waals surface area (Å²) in [6.07, 6.45) is 11.2. The number of nitrogens with one attached hydrogen (secondary N) is 1. The molecule has 4 saturated heterocycles. The fourth-order valence-corrected chi connectivity index (χ4v) is 14.3. The molecule has 0 bridgehead atoms. The van der Waals surface area contributed by atoms with Crippen LogP contribution in [0.15, 0.2) is 121 Å². The van der Waals surface area contributed by atoms with E-state index in [1.807, 2.05) is 24.3 Å². The number of pyridine rings is 5. The van der Waals surface area contributed by atoms with Crippen molar-refractivity contribution in [1.82, 2.24) is 64.6 Å². The van der Waals surface area contributed by atoms with E-state index in [-0.39, 0.29) is 53.7 Å². The summed E-state index contributed by atoms with van der Waals surface area (Å²) in [5.41, 5.74) is 15.6. The minimum absolute atomic E-state index is 0.0421. The number of nitrogens with two attached hydrogens (primary N) is 2. The van der Waals surface area contributed by atoms with E-state index in [2.05, 4.69) is 139 Å². The summed E-state index contributed by atoms with van der Waals surface area (Å²) in [5.74, 6) is 4.01. The number of carbonyl (C=O) groups excluding carboxylic acids is 2. The molecule has 9 aromatic rings. The zero-order chi connectivity index (χ0) is 89.3. The van der Waals surface area contributed by atoms with E-state index >= 15 is 0 Å². The van der Waals surface area contributed by atoms with Gasteiger partial charge in [0.15, 0.2) is 22.9 Å². The Morgan fingerprint density at radius 1 is 0.467 bits per heavy atom. The monoisotopic (exact) mass is 2090 g/mol. The predicted molar refractivity (Wildman–Crippen MR) is 477 cm³/mol. The second-order valence-electron chi connectivity index (χ2n) is 29.5. The maximum atomic E-state index is 12.3. The van der Waals surface area contributed by atoms with Crippen molar-refractivity contribution < 1.29 is 57.0 Å². The van der Waals surface area contributed by atoms with Crippen LogP contribution in [-0.2, 0) is 18.9 Å². The Morgan fingerprint density at radius 2 is 0.885 bits per heavy atom. The molecule has 0 aliphatic carbocycles. The summed E-state index contributed by atoms with van der Waals surface area (Å²) in [5, 5.41) is 40.9. The molecule has 0 saturated carbocycles. The first kappa shape index (κ1) is 101. The van der Waals surface area contributed by atoms with Crippen molar-refractivity contribution in [2.75, 3.05) is 112 Å². The molecule has 12 heterocycles. The van der Waals surface area contributed by atoms with Crippen LogP contribution >= 0.6 is 39.1 Å². The molecule has 122 heavy (non-hydrogen) atoms. The van der Waals surface area contributed by atoms with Crippen molar-refractivity contribution in [3.05, 3.63) is 165 Å². The van der Waals surface area contributed by atoms with Crippen LogP contribution in [0.1, 0.15) is 94.7 Å². The number of benzene rings is 1. The first-order valence-electron chi connectivity index (χ1n) is 38.9. The van der Waals surface area contributed by atoms with Crippen LogP contribution in [-0.4, -0.2) is 254 Å². The van der Waals surface area contributed by atoms with Crippen LogP contribution < -0.4 is 48.9 Å². The van der Waals surface area contributed by atoms with Crippen molar-refractivity contribution in [3.8, 4) is 81.7 Å². The van der Waals surface area contributed by atoms with Gasteiger partial charge in [0.25, 0.3) is 11.8 Å². The van der Waals surface area contributed by atoms with Crippen molar-refractivity contribution in [2.24, 2.45) is 0 Å². The third-order valence-electron chi connectivity index (χ3n) is 16.7. The SMILES string of the molecule is COc1nc(Cl)ccc1C(=O)N(C)C.COc1nc(Nc2cc(-c3ccc(OC4CCOCC4)c(C#N)c3)ncn2)ccc1C(=O)N(C)C.N#Cc1nc(-c2cc(N)ncn2)ccc1OC1CCOCC1.N#Cc1nc(Br)ccc1OC1CCOCC1.Nc1cc(Cl)ncn1.[CH3][Sn]([CH3])([CH3])[c]1ccc(OC2CCOCC2)c(C#N)n1.[CH3][Sn]([CH3])[CH3].[CH3][Sn]([CH3])[CH3]. The average molecular weight is 2090 g/mol.